The van der Waals surface area contributed by atoms with E-state index in [-0.39, 0.29) is 0 Å². The van der Waals surface area contributed by atoms with Gasteiger partial charge in [-0.1, -0.05) is 0 Å². The van der Waals surface area contributed by atoms with Gasteiger partial charge in [-0.3, -0.25) is 9.68 Å². The Labute approximate surface area is 73.6 Å². The molecule has 0 aromatic heterocycles. The van der Waals surface area contributed by atoms with E-state index in [0.717, 1.165) is 12.8 Å². The summed E-state index contributed by atoms with van der Waals surface area (Å²) in [6.45, 7) is 0.377. The summed E-state index contributed by atoms with van der Waals surface area (Å²) >= 11 is 0. The Bertz CT molecular complexity index is 236. The van der Waals surface area contributed by atoms with Crippen molar-refractivity contribution in [1.82, 2.24) is 0 Å². The van der Waals surface area contributed by atoms with Crippen LogP contribution in [0.3, 0.4) is 0 Å². The van der Waals surface area contributed by atoms with Gasteiger partial charge in [0.05, 0.1) is 6.61 Å². The molecule has 0 aliphatic carbocycles. The first-order valence-electron chi connectivity index (χ1n) is 4.00. The minimum Gasteiger partial charge on any atom is -0.341 e. The van der Waals surface area contributed by atoms with Gasteiger partial charge in [-0.25, -0.2) is 4.79 Å². The van der Waals surface area contributed by atoms with Crippen LogP contribution < -0.4 is 0 Å². The van der Waals surface area contributed by atoms with Crippen molar-refractivity contribution in [2.75, 3.05) is 6.61 Å². The molecule has 0 aromatic carbocycles. The Hall–Kier alpha value is -0.980. The summed E-state index contributed by atoms with van der Waals surface area (Å²) in [7, 11) is 0. The van der Waals surface area contributed by atoms with Gasteiger partial charge >= 0.3 is 11.8 Å². The summed E-state index contributed by atoms with van der Waals surface area (Å²) in [6.07, 6.45) is 1.91. The van der Waals surface area contributed by atoms with Crippen molar-refractivity contribution < 1.29 is 29.1 Å². The van der Waals surface area contributed by atoms with Crippen molar-refractivity contribution in [3.05, 3.63) is 0 Å². The number of carbonyl (C=O) groups is 2. The van der Waals surface area contributed by atoms with Gasteiger partial charge in [0.1, 0.15) is 0 Å². The molecule has 0 aromatic rings. The standard InChI is InChI=1S/C7H8O6/c8-5-6(9)11-13-12-7(5)3-1-2-4-10-7/h1-4H2. The number of ether oxygens (including phenoxy) is 1. The molecule has 2 saturated heterocycles. The molecule has 2 fully saturated rings. The summed E-state index contributed by atoms with van der Waals surface area (Å²) in [4.78, 5) is 30.6. The first-order chi connectivity index (χ1) is 6.25. The molecule has 72 valence electrons. The van der Waals surface area contributed by atoms with Crippen molar-refractivity contribution >= 4 is 11.8 Å². The summed E-state index contributed by atoms with van der Waals surface area (Å²) in [5.41, 5.74) is 0. The summed E-state index contributed by atoms with van der Waals surface area (Å²) < 4.78 is 5.09. The maximum atomic E-state index is 11.3. The van der Waals surface area contributed by atoms with Gasteiger partial charge < -0.3 is 4.74 Å². The molecule has 6 heteroatoms. The zero-order chi connectivity index (χ0) is 9.31. The van der Waals surface area contributed by atoms with Crippen LogP contribution in [0, 0.1) is 0 Å². The molecule has 1 unspecified atom stereocenters. The fourth-order valence-corrected chi connectivity index (χ4v) is 1.35. The Morgan fingerprint density at radius 3 is 2.77 bits per heavy atom. The first-order valence-corrected chi connectivity index (χ1v) is 4.00. The van der Waals surface area contributed by atoms with Crippen LogP contribution in [0.4, 0.5) is 0 Å². The van der Waals surface area contributed by atoms with Crippen LogP contribution in [0.25, 0.3) is 0 Å². The predicted octanol–water partition coefficient (Wildman–Crippen LogP) is -0.128. The molecule has 0 amide bonds. The molecule has 6 nitrogen and oxygen atoms in total. The van der Waals surface area contributed by atoms with E-state index in [1.807, 2.05) is 0 Å². The lowest BCUT2D eigenvalue weighted by Gasteiger charge is -2.33. The SMILES string of the molecule is O=C1OOOC2(CCCCO2)C1=O. The molecular weight excluding hydrogens is 180 g/mol. The van der Waals surface area contributed by atoms with Crippen LogP contribution in [-0.2, 0) is 29.1 Å². The van der Waals surface area contributed by atoms with Crippen molar-refractivity contribution in [2.24, 2.45) is 0 Å². The molecule has 0 N–H and O–H groups in total. The molecule has 2 heterocycles. The van der Waals surface area contributed by atoms with Gasteiger partial charge in [0.25, 0.3) is 5.79 Å². The lowest BCUT2D eigenvalue weighted by molar-refractivity contribution is -0.554. The molecule has 0 radical (unpaired) electrons. The molecule has 1 spiro atoms. The maximum absolute atomic E-state index is 11.3. The minimum atomic E-state index is -1.55. The van der Waals surface area contributed by atoms with Crippen LogP contribution >= 0.6 is 0 Å². The number of ketones is 1. The number of hydrogen-bond donors (Lipinski definition) is 0. The highest BCUT2D eigenvalue weighted by Gasteiger charge is 2.52. The Kier molecular flexibility index (Phi) is 2.03. The topological polar surface area (TPSA) is 71.1 Å². The molecule has 1 atom stereocenters. The van der Waals surface area contributed by atoms with Crippen LogP contribution in [0.5, 0.6) is 0 Å². The molecule has 0 bridgehead atoms. The smallest absolute Gasteiger partial charge is 0.341 e. The average molecular weight is 188 g/mol. The van der Waals surface area contributed by atoms with Gasteiger partial charge in [-0.15, -0.1) is 0 Å². The van der Waals surface area contributed by atoms with Crippen molar-refractivity contribution in [3.63, 3.8) is 0 Å². The quantitative estimate of drug-likeness (QED) is 0.389. The maximum Gasteiger partial charge on any atom is 0.417 e. The third-order valence-corrected chi connectivity index (χ3v) is 2.05. The van der Waals surface area contributed by atoms with E-state index in [4.69, 9.17) is 4.74 Å². The molecule has 13 heavy (non-hydrogen) atoms. The summed E-state index contributed by atoms with van der Waals surface area (Å²) in [6, 6.07) is 0. The third-order valence-electron chi connectivity index (χ3n) is 2.05. The van der Waals surface area contributed by atoms with Gasteiger partial charge in [0.2, 0.25) is 0 Å². The van der Waals surface area contributed by atoms with Gasteiger partial charge in [-0.2, -0.15) is 4.89 Å². The van der Waals surface area contributed by atoms with Crippen LogP contribution in [0.2, 0.25) is 0 Å². The molecule has 0 saturated carbocycles. The molecule has 2 aliphatic heterocycles. The van der Waals surface area contributed by atoms with Crippen molar-refractivity contribution in [3.8, 4) is 0 Å². The highest BCUT2D eigenvalue weighted by molar-refractivity contribution is 6.36. The number of rotatable bonds is 0. The van der Waals surface area contributed by atoms with E-state index >= 15 is 0 Å². The third kappa shape index (κ3) is 1.32. The number of Topliss-reactive ketones (excluding diaryl/α,β-unsaturated/α-hetero) is 1. The van der Waals surface area contributed by atoms with Gasteiger partial charge in [0.15, 0.2) is 0 Å². The average Bonchev–Trinajstić information content (AvgIpc) is 2.16. The van der Waals surface area contributed by atoms with Crippen molar-refractivity contribution in [2.45, 2.75) is 25.0 Å². The zero-order valence-electron chi connectivity index (χ0n) is 6.78. The number of hydrogen-bond acceptors (Lipinski definition) is 6. The van der Waals surface area contributed by atoms with E-state index in [1.54, 1.807) is 0 Å². The Morgan fingerprint density at radius 1 is 1.23 bits per heavy atom. The van der Waals surface area contributed by atoms with Crippen LogP contribution in [0.1, 0.15) is 19.3 Å². The number of carbonyl (C=O) groups excluding carboxylic acids is 2. The van der Waals surface area contributed by atoms with E-state index in [9.17, 15) is 9.59 Å². The van der Waals surface area contributed by atoms with E-state index < -0.39 is 17.5 Å². The predicted molar refractivity (Wildman–Crippen MR) is 35.8 cm³/mol. The normalized spacial score (nSPS) is 34.8. The van der Waals surface area contributed by atoms with E-state index in [1.165, 1.54) is 0 Å². The zero-order valence-corrected chi connectivity index (χ0v) is 6.78. The van der Waals surface area contributed by atoms with Crippen LogP contribution in [0.15, 0.2) is 0 Å². The van der Waals surface area contributed by atoms with Crippen LogP contribution in [-0.4, -0.2) is 24.1 Å². The second-order valence-electron chi connectivity index (χ2n) is 2.91. The summed E-state index contributed by atoms with van der Waals surface area (Å²) in [5.74, 6) is -3.46. The molecule has 2 aliphatic rings. The van der Waals surface area contributed by atoms with E-state index in [2.05, 4.69) is 14.8 Å². The highest BCUT2D eigenvalue weighted by Crippen LogP contribution is 2.30. The largest absolute Gasteiger partial charge is 0.417 e. The Balaban J connectivity index is 2.18. The van der Waals surface area contributed by atoms with Gasteiger partial charge in [-0.05, 0) is 17.9 Å². The summed E-state index contributed by atoms with van der Waals surface area (Å²) in [5, 5.41) is 4.05. The Morgan fingerprint density at radius 2 is 2.08 bits per heavy atom. The van der Waals surface area contributed by atoms with E-state index in [0.29, 0.717) is 13.0 Å². The highest BCUT2D eigenvalue weighted by atomic mass is 17.5. The fraction of sp³-hybridized carbons (Fsp3) is 0.714. The molecular formula is C7H8O6. The second-order valence-corrected chi connectivity index (χ2v) is 2.91. The second kappa shape index (κ2) is 3.06. The first kappa shape index (κ1) is 8.61. The van der Waals surface area contributed by atoms with Crippen molar-refractivity contribution in [1.29, 1.82) is 0 Å². The fourth-order valence-electron chi connectivity index (χ4n) is 1.35. The van der Waals surface area contributed by atoms with Gasteiger partial charge in [0, 0.05) is 6.42 Å². The molecule has 2 rings (SSSR count). The monoisotopic (exact) mass is 188 g/mol. The minimum absolute atomic E-state index is 0.320. The lowest BCUT2D eigenvalue weighted by Crippen LogP contribution is -2.53. The lowest BCUT2D eigenvalue weighted by atomic mass is 10.0.